The van der Waals surface area contributed by atoms with Gasteiger partial charge in [0.2, 0.25) is 0 Å². The molecule has 0 heterocycles. The fraction of sp³-hybridized carbons (Fsp3) is 0.526. The molecule has 1 aromatic carbocycles. The minimum Gasteiger partial charge on any atom is -0.427 e. The van der Waals surface area contributed by atoms with Crippen LogP contribution in [0.3, 0.4) is 0 Å². The lowest BCUT2D eigenvalue weighted by Crippen LogP contribution is -2.31. The molecule has 0 unspecified atom stereocenters. The van der Waals surface area contributed by atoms with E-state index in [1.54, 1.807) is 0 Å². The van der Waals surface area contributed by atoms with Gasteiger partial charge in [-0.1, -0.05) is 36.3 Å². The Morgan fingerprint density at radius 1 is 1.19 bits per heavy atom. The first-order chi connectivity index (χ1) is 10.2. The van der Waals surface area contributed by atoms with Crippen molar-refractivity contribution in [3.8, 4) is 5.75 Å². The fourth-order valence-corrected chi connectivity index (χ4v) is 3.96. The van der Waals surface area contributed by atoms with Gasteiger partial charge in [0.25, 0.3) is 0 Å². The second-order valence-corrected chi connectivity index (χ2v) is 6.57. The number of para-hydroxylation sites is 1. The summed E-state index contributed by atoms with van der Waals surface area (Å²) in [6.45, 7) is 2.23. The molecule has 3 rings (SSSR count). The van der Waals surface area contributed by atoms with Crippen LogP contribution in [0.1, 0.15) is 45.4 Å². The van der Waals surface area contributed by atoms with Crippen molar-refractivity contribution in [2.24, 2.45) is 17.8 Å². The first-order valence-corrected chi connectivity index (χ1v) is 8.15. The summed E-state index contributed by atoms with van der Waals surface area (Å²) in [5.74, 6) is 2.43. The number of fused-ring (bicyclic) bond motifs is 1. The topological polar surface area (TPSA) is 26.3 Å². The van der Waals surface area contributed by atoms with Gasteiger partial charge in [-0.2, -0.15) is 0 Å². The van der Waals surface area contributed by atoms with Crippen LogP contribution in [0.5, 0.6) is 5.75 Å². The van der Waals surface area contributed by atoms with Gasteiger partial charge in [-0.3, -0.25) is 4.79 Å². The Bertz CT molecular complexity index is 518. The maximum atomic E-state index is 12.2. The summed E-state index contributed by atoms with van der Waals surface area (Å²) in [6, 6.07) is 9.40. The van der Waals surface area contributed by atoms with E-state index in [4.69, 9.17) is 4.74 Å². The van der Waals surface area contributed by atoms with E-state index in [1.807, 2.05) is 30.3 Å². The highest BCUT2D eigenvalue weighted by atomic mass is 16.5. The van der Waals surface area contributed by atoms with Gasteiger partial charge >= 0.3 is 5.97 Å². The van der Waals surface area contributed by atoms with Gasteiger partial charge in [-0.15, -0.1) is 0 Å². The van der Waals surface area contributed by atoms with Crippen molar-refractivity contribution in [3.63, 3.8) is 0 Å². The quantitative estimate of drug-likeness (QED) is 0.454. The summed E-state index contributed by atoms with van der Waals surface area (Å²) in [6.07, 6.45) is 9.29. The number of allylic oxidation sites excluding steroid dienone is 2. The Labute approximate surface area is 127 Å². The summed E-state index contributed by atoms with van der Waals surface area (Å²) < 4.78 is 5.46. The Morgan fingerprint density at radius 2 is 2.00 bits per heavy atom. The molecule has 0 aromatic heterocycles. The number of carbonyl (C=O) groups excluding carboxylic acids is 1. The molecule has 3 atom stereocenters. The van der Waals surface area contributed by atoms with Crippen molar-refractivity contribution >= 4 is 5.97 Å². The number of ether oxygens (including phenoxy) is 1. The van der Waals surface area contributed by atoms with E-state index < -0.39 is 0 Å². The number of benzene rings is 1. The van der Waals surface area contributed by atoms with Crippen LogP contribution in [0.2, 0.25) is 0 Å². The second-order valence-electron chi connectivity index (χ2n) is 6.57. The van der Waals surface area contributed by atoms with Gasteiger partial charge < -0.3 is 4.74 Å². The van der Waals surface area contributed by atoms with Crippen LogP contribution in [-0.2, 0) is 4.79 Å². The standard InChI is InChI=1S/C19H24O2/c1-14-10-11-15-6-5-7-16(18(15)12-14)13-19(20)21-17-8-3-2-4-9-17/h2-4,8-9,12,15-16,18H,5-7,10-11,13H2,1H3/t15-,16+,18-/m1/s1. The van der Waals surface area contributed by atoms with Crippen molar-refractivity contribution in [2.75, 3.05) is 0 Å². The highest BCUT2D eigenvalue weighted by Gasteiger charge is 2.35. The van der Waals surface area contributed by atoms with Crippen LogP contribution in [0, 0.1) is 17.8 Å². The van der Waals surface area contributed by atoms with Crippen molar-refractivity contribution < 1.29 is 9.53 Å². The third kappa shape index (κ3) is 3.55. The minimum atomic E-state index is -0.0801. The first-order valence-electron chi connectivity index (χ1n) is 8.15. The SMILES string of the molecule is CC1=C[C@@H]2[C@H](CCC[C@H]2CC(=O)Oc2ccccc2)CC1. The molecule has 0 N–H and O–H groups in total. The van der Waals surface area contributed by atoms with Gasteiger partial charge in [0.1, 0.15) is 5.75 Å². The number of esters is 1. The molecule has 112 valence electrons. The average molecular weight is 284 g/mol. The zero-order chi connectivity index (χ0) is 14.7. The Balaban J connectivity index is 1.63. The third-order valence-corrected chi connectivity index (χ3v) is 5.03. The lowest BCUT2D eigenvalue weighted by molar-refractivity contribution is -0.136. The molecule has 0 radical (unpaired) electrons. The van der Waals surface area contributed by atoms with E-state index >= 15 is 0 Å². The monoisotopic (exact) mass is 284 g/mol. The third-order valence-electron chi connectivity index (χ3n) is 5.03. The maximum Gasteiger partial charge on any atom is 0.311 e. The molecule has 2 nitrogen and oxygen atoms in total. The van der Waals surface area contributed by atoms with Gasteiger partial charge in [0.05, 0.1) is 0 Å². The van der Waals surface area contributed by atoms with Gasteiger partial charge in [-0.05, 0) is 62.5 Å². The van der Waals surface area contributed by atoms with E-state index in [0.29, 0.717) is 24.0 Å². The molecule has 0 bridgehead atoms. The normalized spacial score (nSPS) is 28.4. The molecule has 1 saturated carbocycles. The van der Waals surface area contributed by atoms with E-state index in [9.17, 15) is 4.79 Å². The summed E-state index contributed by atoms with van der Waals surface area (Å²) in [5.41, 5.74) is 1.50. The van der Waals surface area contributed by atoms with Gasteiger partial charge in [-0.25, -0.2) is 0 Å². The summed E-state index contributed by atoms with van der Waals surface area (Å²) in [7, 11) is 0. The molecule has 21 heavy (non-hydrogen) atoms. The molecule has 0 spiro atoms. The summed E-state index contributed by atoms with van der Waals surface area (Å²) in [5, 5.41) is 0. The molecule has 1 fully saturated rings. The Hall–Kier alpha value is -1.57. The largest absolute Gasteiger partial charge is 0.427 e. The van der Waals surface area contributed by atoms with Crippen LogP contribution in [0.25, 0.3) is 0 Å². The van der Waals surface area contributed by atoms with Crippen LogP contribution >= 0.6 is 0 Å². The zero-order valence-electron chi connectivity index (χ0n) is 12.8. The van der Waals surface area contributed by atoms with E-state index in [1.165, 1.54) is 31.3 Å². The minimum absolute atomic E-state index is 0.0801. The Kier molecular flexibility index (Phi) is 4.42. The van der Waals surface area contributed by atoms with Crippen molar-refractivity contribution in [3.05, 3.63) is 42.0 Å². The number of rotatable bonds is 3. The van der Waals surface area contributed by atoms with Crippen LogP contribution in [0.15, 0.2) is 42.0 Å². The molecule has 2 heteroatoms. The molecule has 0 aliphatic heterocycles. The van der Waals surface area contributed by atoms with Crippen LogP contribution < -0.4 is 4.74 Å². The molecule has 0 saturated heterocycles. The maximum absolute atomic E-state index is 12.2. The van der Waals surface area contributed by atoms with Gasteiger partial charge in [0.15, 0.2) is 0 Å². The number of hydrogen-bond acceptors (Lipinski definition) is 2. The predicted molar refractivity (Wildman–Crippen MR) is 84.0 cm³/mol. The number of hydrogen-bond donors (Lipinski definition) is 0. The second kappa shape index (κ2) is 6.46. The van der Waals surface area contributed by atoms with E-state index in [0.717, 1.165) is 12.3 Å². The average Bonchev–Trinajstić information content (AvgIpc) is 2.49. The molecule has 2 aliphatic carbocycles. The molecular formula is C19H24O2. The summed E-state index contributed by atoms with van der Waals surface area (Å²) >= 11 is 0. The van der Waals surface area contributed by atoms with E-state index in [2.05, 4.69) is 13.0 Å². The lowest BCUT2D eigenvalue weighted by atomic mass is 9.66. The zero-order valence-corrected chi connectivity index (χ0v) is 12.8. The fourth-order valence-electron chi connectivity index (χ4n) is 3.96. The molecule has 2 aliphatic rings. The number of carbonyl (C=O) groups is 1. The van der Waals surface area contributed by atoms with Gasteiger partial charge in [0, 0.05) is 6.42 Å². The van der Waals surface area contributed by atoms with Crippen molar-refractivity contribution in [1.82, 2.24) is 0 Å². The van der Waals surface area contributed by atoms with Crippen molar-refractivity contribution in [2.45, 2.75) is 45.4 Å². The lowest BCUT2D eigenvalue weighted by Gasteiger charge is -2.39. The first kappa shape index (κ1) is 14.4. The van der Waals surface area contributed by atoms with Crippen LogP contribution in [0.4, 0.5) is 0 Å². The molecular weight excluding hydrogens is 260 g/mol. The predicted octanol–water partition coefficient (Wildman–Crippen LogP) is 4.75. The van der Waals surface area contributed by atoms with E-state index in [-0.39, 0.29) is 5.97 Å². The highest BCUT2D eigenvalue weighted by molar-refractivity contribution is 5.72. The Morgan fingerprint density at radius 3 is 2.81 bits per heavy atom. The van der Waals surface area contributed by atoms with Crippen LogP contribution in [-0.4, -0.2) is 5.97 Å². The summed E-state index contributed by atoms with van der Waals surface area (Å²) in [4.78, 5) is 12.2. The highest BCUT2D eigenvalue weighted by Crippen LogP contribution is 2.43. The smallest absolute Gasteiger partial charge is 0.311 e. The van der Waals surface area contributed by atoms with Crippen molar-refractivity contribution in [1.29, 1.82) is 0 Å². The molecule has 0 amide bonds. The molecule has 1 aromatic rings.